The molecule has 0 aliphatic carbocycles. The molecule has 0 amide bonds. The monoisotopic (exact) mass is 473 g/mol. The Labute approximate surface area is 150 Å². The Kier molecular flexibility index (Phi) is 5.57. The standard InChI is InChI=1S/C16H13BrINO3/c1-9-12(16(21)22-2)4-3-5-14(9)19-8-10-6-11(17)7-13(18)15(10)20/h3-8,20H,1-2H3. The van der Waals surface area contributed by atoms with Crippen LogP contribution in [0.4, 0.5) is 5.69 Å². The molecule has 0 heterocycles. The Balaban J connectivity index is 2.41. The number of hydrogen-bond acceptors (Lipinski definition) is 4. The lowest BCUT2D eigenvalue weighted by atomic mass is 10.1. The van der Waals surface area contributed by atoms with E-state index in [0.717, 1.165) is 13.6 Å². The quantitative estimate of drug-likeness (QED) is 0.402. The number of aliphatic imine (C=N–C) groups is 1. The van der Waals surface area contributed by atoms with Crippen molar-refractivity contribution in [2.75, 3.05) is 7.11 Å². The molecule has 1 N–H and O–H groups in total. The SMILES string of the molecule is COC(=O)c1cccc(N=Cc2cc(Br)cc(I)c2O)c1C. The smallest absolute Gasteiger partial charge is 0.338 e. The minimum atomic E-state index is -0.394. The zero-order valence-corrected chi connectivity index (χ0v) is 15.7. The first-order valence-electron chi connectivity index (χ1n) is 6.34. The lowest BCUT2D eigenvalue weighted by molar-refractivity contribution is 0.0600. The molecule has 0 saturated heterocycles. The summed E-state index contributed by atoms with van der Waals surface area (Å²) < 4.78 is 6.34. The summed E-state index contributed by atoms with van der Waals surface area (Å²) in [5, 5.41) is 10.1. The van der Waals surface area contributed by atoms with Crippen molar-refractivity contribution in [2.24, 2.45) is 4.99 Å². The highest BCUT2D eigenvalue weighted by atomic mass is 127. The summed E-state index contributed by atoms with van der Waals surface area (Å²) in [5.41, 5.74) is 2.46. The highest BCUT2D eigenvalue weighted by Gasteiger charge is 2.11. The largest absolute Gasteiger partial charge is 0.506 e. The normalized spacial score (nSPS) is 10.9. The summed E-state index contributed by atoms with van der Waals surface area (Å²) >= 11 is 5.44. The molecule has 6 heteroatoms. The van der Waals surface area contributed by atoms with E-state index in [0.29, 0.717) is 16.8 Å². The number of hydrogen-bond donors (Lipinski definition) is 1. The number of benzene rings is 2. The van der Waals surface area contributed by atoms with E-state index < -0.39 is 5.97 Å². The number of halogens is 2. The van der Waals surface area contributed by atoms with Gasteiger partial charge in [0.25, 0.3) is 0 Å². The number of aromatic hydroxyl groups is 1. The van der Waals surface area contributed by atoms with Crippen LogP contribution in [0.2, 0.25) is 0 Å². The Morgan fingerprint density at radius 3 is 2.82 bits per heavy atom. The molecule has 4 nitrogen and oxygen atoms in total. The fourth-order valence-electron chi connectivity index (χ4n) is 1.92. The fraction of sp³-hybridized carbons (Fsp3) is 0.125. The molecule has 0 bridgehead atoms. The minimum absolute atomic E-state index is 0.175. The van der Waals surface area contributed by atoms with Gasteiger partial charge in [-0.1, -0.05) is 22.0 Å². The van der Waals surface area contributed by atoms with Gasteiger partial charge in [0.2, 0.25) is 0 Å². The van der Waals surface area contributed by atoms with Crippen LogP contribution in [-0.2, 0) is 4.74 Å². The zero-order chi connectivity index (χ0) is 16.3. The van der Waals surface area contributed by atoms with Crippen molar-refractivity contribution in [3.05, 3.63) is 55.1 Å². The Bertz CT molecular complexity index is 759. The lowest BCUT2D eigenvalue weighted by Crippen LogP contribution is -2.03. The van der Waals surface area contributed by atoms with E-state index in [4.69, 9.17) is 4.74 Å². The summed E-state index contributed by atoms with van der Waals surface area (Å²) in [7, 11) is 1.35. The van der Waals surface area contributed by atoms with Crippen molar-refractivity contribution in [1.29, 1.82) is 0 Å². The lowest BCUT2D eigenvalue weighted by Gasteiger charge is -2.07. The number of carbonyl (C=O) groups is 1. The molecule has 2 aromatic carbocycles. The summed E-state index contributed by atoms with van der Waals surface area (Å²) in [5.74, 6) is -0.219. The van der Waals surface area contributed by atoms with Crippen LogP contribution in [0.1, 0.15) is 21.5 Å². The van der Waals surface area contributed by atoms with Gasteiger partial charge in [-0.2, -0.15) is 0 Å². The van der Waals surface area contributed by atoms with Crippen molar-refractivity contribution < 1.29 is 14.6 Å². The molecule has 2 rings (SSSR count). The molecule has 0 spiro atoms. The first kappa shape index (κ1) is 17.0. The van der Waals surface area contributed by atoms with Crippen molar-refractivity contribution >= 4 is 56.4 Å². The number of carbonyl (C=O) groups excluding carboxylic acids is 1. The van der Waals surface area contributed by atoms with Crippen molar-refractivity contribution in [3.8, 4) is 5.75 Å². The molecule has 0 aliphatic rings. The number of nitrogens with zero attached hydrogens (tertiary/aromatic N) is 1. The van der Waals surface area contributed by atoms with Crippen LogP contribution in [0.15, 0.2) is 39.8 Å². The zero-order valence-electron chi connectivity index (χ0n) is 11.9. The van der Waals surface area contributed by atoms with Gasteiger partial charge in [-0.25, -0.2) is 4.79 Å². The van der Waals surface area contributed by atoms with Crippen molar-refractivity contribution in [3.63, 3.8) is 0 Å². The summed E-state index contributed by atoms with van der Waals surface area (Å²) in [6, 6.07) is 8.84. The molecular weight excluding hydrogens is 461 g/mol. The van der Waals surface area contributed by atoms with E-state index in [9.17, 15) is 9.90 Å². The molecule has 22 heavy (non-hydrogen) atoms. The van der Waals surface area contributed by atoms with E-state index in [2.05, 4.69) is 43.5 Å². The van der Waals surface area contributed by atoms with Crippen LogP contribution in [0.5, 0.6) is 5.75 Å². The molecule has 0 saturated carbocycles. The van der Waals surface area contributed by atoms with Crippen LogP contribution in [0, 0.1) is 10.5 Å². The average Bonchev–Trinajstić information content (AvgIpc) is 2.49. The maximum absolute atomic E-state index is 11.7. The van der Waals surface area contributed by atoms with Crippen LogP contribution in [0.3, 0.4) is 0 Å². The highest BCUT2D eigenvalue weighted by Crippen LogP contribution is 2.28. The average molecular weight is 474 g/mol. The van der Waals surface area contributed by atoms with E-state index in [-0.39, 0.29) is 5.75 Å². The third-order valence-electron chi connectivity index (χ3n) is 3.11. The number of phenols is 1. The number of rotatable bonds is 3. The number of methoxy groups -OCH3 is 1. The first-order valence-corrected chi connectivity index (χ1v) is 8.21. The molecule has 0 fully saturated rings. The van der Waals surface area contributed by atoms with Gasteiger partial charge in [-0.05, 0) is 59.3 Å². The van der Waals surface area contributed by atoms with Gasteiger partial charge >= 0.3 is 5.97 Å². The Hall–Kier alpha value is -1.41. The molecule has 114 valence electrons. The van der Waals surface area contributed by atoms with Gasteiger partial charge < -0.3 is 9.84 Å². The summed E-state index contributed by atoms with van der Waals surface area (Å²) in [6.45, 7) is 1.81. The molecule has 2 aromatic rings. The minimum Gasteiger partial charge on any atom is -0.506 e. The number of phenolic OH excluding ortho intramolecular Hbond substituents is 1. The first-order chi connectivity index (χ1) is 10.4. The predicted octanol–water partition coefficient (Wildman–Crippen LogP) is 4.60. The van der Waals surface area contributed by atoms with E-state index in [1.807, 2.05) is 13.0 Å². The predicted molar refractivity (Wildman–Crippen MR) is 98.3 cm³/mol. The number of esters is 1. The third-order valence-corrected chi connectivity index (χ3v) is 4.39. The van der Waals surface area contributed by atoms with Gasteiger partial charge in [-0.15, -0.1) is 0 Å². The number of ether oxygens (including phenoxy) is 1. The molecule has 0 unspecified atom stereocenters. The maximum Gasteiger partial charge on any atom is 0.338 e. The van der Waals surface area contributed by atoms with Gasteiger partial charge in [0.15, 0.2) is 0 Å². The summed E-state index contributed by atoms with van der Waals surface area (Å²) in [6.07, 6.45) is 1.58. The summed E-state index contributed by atoms with van der Waals surface area (Å²) in [4.78, 5) is 16.1. The third kappa shape index (κ3) is 3.67. The van der Waals surface area contributed by atoms with Gasteiger partial charge in [0.1, 0.15) is 5.75 Å². The molecule has 0 aliphatic heterocycles. The topological polar surface area (TPSA) is 58.9 Å². The Morgan fingerprint density at radius 2 is 2.14 bits per heavy atom. The van der Waals surface area contributed by atoms with E-state index in [1.165, 1.54) is 7.11 Å². The van der Waals surface area contributed by atoms with Crippen LogP contribution >= 0.6 is 38.5 Å². The van der Waals surface area contributed by atoms with Crippen molar-refractivity contribution in [1.82, 2.24) is 0 Å². The molecule has 0 atom stereocenters. The van der Waals surface area contributed by atoms with Gasteiger partial charge in [0.05, 0.1) is 21.9 Å². The highest BCUT2D eigenvalue weighted by molar-refractivity contribution is 14.1. The van der Waals surface area contributed by atoms with Crippen LogP contribution in [0.25, 0.3) is 0 Å². The molecular formula is C16H13BrINO3. The van der Waals surface area contributed by atoms with Crippen LogP contribution in [-0.4, -0.2) is 24.4 Å². The van der Waals surface area contributed by atoms with E-state index in [1.54, 1.807) is 30.5 Å². The Morgan fingerprint density at radius 1 is 1.41 bits per heavy atom. The van der Waals surface area contributed by atoms with Crippen molar-refractivity contribution in [2.45, 2.75) is 6.92 Å². The van der Waals surface area contributed by atoms with Crippen LogP contribution < -0.4 is 0 Å². The fourth-order valence-corrected chi connectivity index (χ4v) is 3.47. The van der Waals surface area contributed by atoms with E-state index >= 15 is 0 Å². The maximum atomic E-state index is 11.7. The second kappa shape index (κ2) is 7.23. The molecule has 0 radical (unpaired) electrons. The second-order valence-corrected chi connectivity index (χ2v) is 6.60. The molecule has 0 aromatic heterocycles. The van der Waals surface area contributed by atoms with Gasteiger partial charge in [0, 0.05) is 16.3 Å². The second-order valence-electron chi connectivity index (χ2n) is 4.52. The van der Waals surface area contributed by atoms with Gasteiger partial charge in [-0.3, -0.25) is 4.99 Å².